The first kappa shape index (κ1) is 15.8. The predicted molar refractivity (Wildman–Crippen MR) is 86.2 cm³/mol. The lowest BCUT2D eigenvalue weighted by molar-refractivity contribution is 0.289. The highest BCUT2D eigenvalue weighted by molar-refractivity contribution is 5.55. The molecular formula is C18H20O4. The van der Waals surface area contributed by atoms with Gasteiger partial charge >= 0.3 is 0 Å². The van der Waals surface area contributed by atoms with Crippen LogP contribution in [0.1, 0.15) is 24.0 Å². The van der Waals surface area contributed by atoms with Crippen LogP contribution in [0.4, 0.5) is 0 Å². The van der Waals surface area contributed by atoms with Crippen LogP contribution in [0.2, 0.25) is 0 Å². The van der Waals surface area contributed by atoms with Crippen LogP contribution in [0.25, 0.3) is 0 Å². The molecule has 4 nitrogen and oxygen atoms in total. The standard InChI is InChI=1S/C18H20O4/c1-3-5-12-13(6-7-15(20)17(12)22)18(9-4-2)10-8-14(19)16(21)11-18/h3-4,6-8,10,19-22H,1-2,5,9,11H2. The average Bonchev–Trinajstić information content (AvgIpc) is 2.48. The third-order valence-corrected chi connectivity index (χ3v) is 3.99. The molecule has 0 saturated carbocycles. The molecule has 0 aromatic heterocycles. The van der Waals surface area contributed by atoms with Gasteiger partial charge in [-0.15, -0.1) is 13.2 Å². The maximum atomic E-state index is 10.2. The number of hydrogen-bond acceptors (Lipinski definition) is 4. The van der Waals surface area contributed by atoms with Crippen molar-refractivity contribution < 1.29 is 20.4 Å². The molecule has 0 bridgehead atoms. The summed E-state index contributed by atoms with van der Waals surface area (Å²) in [5, 5.41) is 39.5. The molecule has 0 aliphatic heterocycles. The Bertz CT molecular complexity index is 670. The summed E-state index contributed by atoms with van der Waals surface area (Å²) in [5.74, 6) is -0.654. The van der Waals surface area contributed by atoms with E-state index in [0.717, 1.165) is 5.56 Å². The summed E-state index contributed by atoms with van der Waals surface area (Å²) in [6, 6.07) is 3.14. The first-order valence-corrected chi connectivity index (χ1v) is 7.01. The molecule has 1 atom stereocenters. The molecule has 1 unspecified atom stereocenters. The normalized spacial score (nSPS) is 20.9. The molecular weight excluding hydrogens is 280 g/mol. The number of benzene rings is 1. The third-order valence-electron chi connectivity index (χ3n) is 3.99. The van der Waals surface area contributed by atoms with E-state index >= 15 is 0 Å². The number of aromatic hydroxyl groups is 2. The Balaban J connectivity index is 2.65. The number of phenolic OH excluding ortho intramolecular Hbond substituents is 2. The van der Waals surface area contributed by atoms with Crippen molar-refractivity contribution in [3.05, 3.63) is 72.2 Å². The van der Waals surface area contributed by atoms with Gasteiger partial charge in [-0.2, -0.15) is 0 Å². The van der Waals surface area contributed by atoms with Gasteiger partial charge in [-0.25, -0.2) is 0 Å². The summed E-state index contributed by atoms with van der Waals surface area (Å²) < 4.78 is 0. The Hall–Kier alpha value is -2.62. The van der Waals surface area contributed by atoms with Gasteiger partial charge in [0.15, 0.2) is 17.3 Å². The minimum Gasteiger partial charge on any atom is -0.508 e. The highest BCUT2D eigenvalue weighted by Gasteiger charge is 2.35. The van der Waals surface area contributed by atoms with Crippen LogP contribution in [0.15, 0.2) is 61.1 Å². The number of aliphatic hydroxyl groups is 2. The molecule has 4 heteroatoms. The first-order valence-electron chi connectivity index (χ1n) is 7.01. The Morgan fingerprint density at radius 1 is 1.09 bits per heavy atom. The van der Waals surface area contributed by atoms with Crippen molar-refractivity contribution in [3.63, 3.8) is 0 Å². The monoisotopic (exact) mass is 300 g/mol. The second-order valence-electron chi connectivity index (χ2n) is 5.44. The van der Waals surface area contributed by atoms with Crippen LogP contribution < -0.4 is 0 Å². The smallest absolute Gasteiger partial charge is 0.161 e. The SMILES string of the molecule is C=CCc1c(C2(CC=C)C=CC(O)=C(O)C2)ccc(O)c1O. The Labute approximate surface area is 129 Å². The van der Waals surface area contributed by atoms with Crippen LogP contribution in [-0.2, 0) is 11.8 Å². The molecule has 116 valence electrons. The van der Waals surface area contributed by atoms with Crippen molar-refractivity contribution in [1.82, 2.24) is 0 Å². The van der Waals surface area contributed by atoms with Crippen LogP contribution in [0.5, 0.6) is 11.5 Å². The fraction of sp³-hybridized carbons (Fsp3) is 0.222. The maximum absolute atomic E-state index is 10.2. The summed E-state index contributed by atoms with van der Waals surface area (Å²) >= 11 is 0. The van der Waals surface area contributed by atoms with E-state index < -0.39 is 5.41 Å². The number of aliphatic hydroxyl groups excluding tert-OH is 2. The van der Waals surface area contributed by atoms with Gasteiger partial charge in [-0.05, 0) is 30.5 Å². The maximum Gasteiger partial charge on any atom is 0.161 e. The summed E-state index contributed by atoms with van der Waals surface area (Å²) in [6.07, 6.45) is 7.68. The van der Waals surface area contributed by atoms with Crippen LogP contribution in [0.3, 0.4) is 0 Å². The quantitative estimate of drug-likeness (QED) is 0.490. The minimum atomic E-state index is -0.637. The van der Waals surface area contributed by atoms with E-state index in [9.17, 15) is 20.4 Å². The van der Waals surface area contributed by atoms with Gasteiger partial charge in [0, 0.05) is 17.4 Å². The van der Waals surface area contributed by atoms with Crippen LogP contribution >= 0.6 is 0 Å². The summed E-state index contributed by atoms with van der Waals surface area (Å²) in [4.78, 5) is 0. The predicted octanol–water partition coefficient (Wildman–Crippen LogP) is 3.93. The van der Waals surface area contributed by atoms with E-state index in [2.05, 4.69) is 13.2 Å². The molecule has 2 rings (SSSR count). The molecule has 0 spiro atoms. The average molecular weight is 300 g/mol. The third kappa shape index (κ3) is 2.60. The largest absolute Gasteiger partial charge is 0.508 e. The number of hydrogen-bond donors (Lipinski definition) is 4. The number of allylic oxidation sites excluding steroid dienone is 5. The Morgan fingerprint density at radius 3 is 2.41 bits per heavy atom. The second-order valence-corrected chi connectivity index (χ2v) is 5.44. The van der Waals surface area contributed by atoms with Crippen molar-refractivity contribution in [1.29, 1.82) is 0 Å². The van der Waals surface area contributed by atoms with E-state index in [4.69, 9.17) is 0 Å². The highest BCUT2D eigenvalue weighted by Crippen LogP contribution is 2.45. The van der Waals surface area contributed by atoms with Crippen molar-refractivity contribution in [2.45, 2.75) is 24.7 Å². The highest BCUT2D eigenvalue weighted by atomic mass is 16.3. The summed E-state index contributed by atoms with van der Waals surface area (Å²) in [6.45, 7) is 7.44. The molecule has 1 aliphatic rings. The van der Waals surface area contributed by atoms with Crippen molar-refractivity contribution in [2.24, 2.45) is 0 Å². The molecule has 0 radical (unpaired) electrons. The fourth-order valence-electron chi connectivity index (χ4n) is 2.92. The number of rotatable bonds is 5. The summed E-state index contributed by atoms with van der Waals surface area (Å²) in [5.41, 5.74) is 0.676. The molecule has 0 fully saturated rings. The van der Waals surface area contributed by atoms with E-state index in [1.165, 1.54) is 12.1 Å². The molecule has 0 saturated heterocycles. The van der Waals surface area contributed by atoms with Gasteiger partial charge in [0.2, 0.25) is 0 Å². The molecule has 1 aromatic rings. The molecule has 0 heterocycles. The lowest BCUT2D eigenvalue weighted by atomic mass is 9.70. The minimum absolute atomic E-state index is 0.110. The van der Waals surface area contributed by atoms with Crippen LogP contribution in [0, 0.1) is 0 Å². The van der Waals surface area contributed by atoms with E-state index in [-0.39, 0.29) is 29.4 Å². The molecule has 22 heavy (non-hydrogen) atoms. The molecule has 1 aromatic carbocycles. The van der Waals surface area contributed by atoms with Gasteiger partial charge in [0.05, 0.1) is 0 Å². The van der Waals surface area contributed by atoms with Gasteiger partial charge < -0.3 is 20.4 Å². The zero-order valence-electron chi connectivity index (χ0n) is 12.3. The lowest BCUT2D eigenvalue weighted by Gasteiger charge is -2.34. The second kappa shape index (κ2) is 6.02. The number of phenols is 2. The zero-order valence-corrected chi connectivity index (χ0v) is 12.3. The van der Waals surface area contributed by atoms with Gasteiger partial charge in [-0.1, -0.05) is 24.3 Å². The molecule has 1 aliphatic carbocycles. The van der Waals surface area contributed by atoms with Gasteiger partial charge in [0.25, 0.3) is 0 Å². The van der Waals surface area contributed by atoms with E-state index in [1.807, 2.05) is 0 Å². The molecule has 4 N–H and O–H groups in total. The molecule has 0 amide bonds. The van der Waals surface area contributed by atoms with Crippen molar-refractivity contribution in [2.75, 3.05) is 0 Å². The van der Waals surface area contributed by atoms with Crippen LogP contribution in [-0.4, -0.2) is 20.4 Å². The van der Waals surface area contributed by atoms with Crippen molar-refractivity contribution >= 4 is 0 Å². The Kier molecular flexibility index (Phi) is 4.31. The van der Waals surface area contributed by atoms with E-state index in [1.54, 1.807) is 24.3 Å². The fourth-order valence-corrected chi connectivity index (χ4v) is 2.92. The lowest BCUT2D eigenvalue weighted by Crippen LogP contribution is -2.28. The first-order chi connectivity index (χ1) is 10.4. The summed E-state index contributed by atoms with van der Waals surface area (Å²) in [7, 11) is 0. The van der Waals surface area contributed by atoms with E-state index in [0.29, 0.717) is 18.4 Å². The Morgan fingerprint density at radius 2 is 1.82 bits per heavy atom. The topological polar surface area (TPSA) is 80.9 Å². The zero-order chi connectivity index (χ0) is 16.3. The van der Waals surface area contributed by atoms with Crippen molar-refractivity contribution in [3.8, 4) is 11.5 Å². The van der Waals surface area contributed by atoms with Gasteiger partial charge in [0.1, 0.15) is 5.76 Å². The van der Waals surface area contributed by atoms with Gasteiger partial charge in [-0.3, -0.25) is 0 Å².